The minimum atomic E-state index is -0.174. The maximum atomic E-state index is 12.7. The molecule has 0 aliphatic carbocycles. The first-order valence-corrected chi connectivity index (χ1v) is 9.78. The molecule has 2 amide bonds. The van der Waals surface area contributed by atoms with Gasteiger partial charge in [0.05, 0.1) is 24.3 Å². The average Bonchev–Trinajstić information content (AvgIpc) is 3.23. The molecule has 144 valence electrons. The number of likely N-dealkylation sites (tertiary alicyclic amines) is 1. The Balaban J connectivity index is 1.48. The lowest BCUT2D eigenvalue weighted by Gasteiger charge is -2.33. The van der Waals surface area contributed by atoms with E-state index in [0.717, 1.165) is 23.1 Å². The summed E-state index contributed by atoms with van der Waals surface area (Å²) in [7, 11) is 1.78. The first-order chi connectivity index (χ1) is 13.0. The largest absolute Gasteiger partial charge is 0.492 e. The molecule has 0 radical (unpaired) electrons. The lowest BCUT2D eigenvalue weighted by atomic mass is 9.96. The summed E-state index contributed by atoms with van der Waals surface area (Å²) in [5.74, 6) is 0.572. The summed E-state index contributed by atoms with van der Waals surface area (Å²) in [5.41, 5.74) is 0.527. The molecule has 0 unspecified atom stereocenters. The number of amides is 2. The van der Waals surface area contributed by atoms with Gasteiger partial charge in [-0.15, -0.1) is 0 Å². The van der Waals surface area contributed by atoms with E-state index in [1.807, 2.05) is 24.3 Å². The van der Waals surface area contributed by atoms with Gasteiger partial charge in [0.15, 0.2) is 0 Å². The van der Waals surface area contributed by atoms with Crippen LogP contribution in [-0.2, 0) is 4.79 Å². The predicted octanol–water partition coefficient (Wildman–Crippen LogP) is 3.43. The molecule has 1 saturated heterocycles. The number of hydrogen-bond acceptors (Lipinski definition) is 4. The number of rotatable bonds is 6. The number of carbonyl (C=O) groups is 2. The van der Waals surface area contributed by atoms with Crippen LogP contribution in [0.4, 0.5) is 0 Å². The molecule has 1 atom stereocenters. The molecule has 27 heavy (non-hydrogen) atoms. The fraction of sp³-hybridized carbons (Fsp3) is 0.400. The Morgan fingerprint density at radius 3 is 2.78 bits per heavy atom. The second kappa shape index (κ2) is 9.08. The average molecular weight is 435 g/mol. The number of carbonyl (C=O) groups excluding carboxylic acids is 2. The van der Waals surface area contributed by atoms with Gasteiger partial charge in [0, 0.05) is 24.6 Å². The van der Waals surface area contributed by atoms with Crippen molar-refractivity contribution in [3.63, 3.8) is 0 Å². The van der Waals surface area contributed by atoms with Crippen LogP contribution < -0.4 is 4.74 Å². The second-order valence-electron chi connectivity index (χ2n) is 6.66. The Labute approximate surface area is 167 Å². The highest BCUT2D eigenvalue weighted by Gasteiger charge is 2.30. The number of piperidine rings is 1. The van der Waals surface area contributed by atoms with Crippen molar-refractivity contribution in [3.05, 3.63) is 52.9 Å². The van der Waals surface area contributed by atoms with Crippen LogP contribution in [0.1, 0.15) is 23.2 Å². The van der Waals surface area contributed by atoms with E-state index in [0.29, 0.717) is 31.8 Å². The van der Waals surface area contributed by atoms with Crippen molar-refractivity contribution in [1.29, 1.82) is 0 Å². The van der Waals surface area contributed by atoms with Crippen LogP contribution in [0.3, 0.4) is 0 Å². The van der Waals surface area contributed by atoms with E-state index < -0.39 is 0 Å². The second-order valence-corrected chi connectivity index (χ2v) is 7.58. The SMILES string of the molecule is CN(CCOc1ccc(Br)cc1)C(=O)[C@H]1CCCN(C(=O)c2ccoc2)C1. The molecule has 0 N–H and O–H groups in total. The van der Waals surface area contributed by atoms with E-state index in [1.54, 1.807) is 22.9 Å². The smallest absolute Gasteiger partial charge is 0.257 e. The van der Waals surface area contributed by atoms with Crippen LogP contribution in [0.25, 0.3) is 0 Å². The van der Waals surface area contributed by atoms with Gasteiger partial charge in [0.1, 0.15) is 18.6 Å². The third-order valence-electron chi connectivity index (χ3n) is 4.71. The first-order valence-electron chi connectivity index (χ1n) is 8.99. The van der Waals surface area contributed by atoms with E-state index in [2.05, 4.69) is 15.9 Å². The summed E-state index contributed by atoms with van der Waals surface area (Å²) in [6.07, 6.45) is 4.55. The first kappa shape index (κ1) is 19.5. The topological polar surface area (TPSA) is 63.0 Å². The lowest BCUT2D eigenvalue weighted by molar-refractivity contribution is -0.135. The number of furan rings is 1. The summed E-state index contributed by atoms with van der Waals surface area (Å²) < 4.78 is 11.7. The predicted molar refractivity (Wildman–Crippen MR) is 105 cm³/mol. The molecule has 2 aromatic rings. The van der Waals surface area contributed by atoms with Crippen molar-refractivity contribution in [2.24, 2.45) is 5.92 Å². The zero-order chi connectivity index (χ0) is 19.2. The fourth-order valence-electron chi connectivity index (χ4n) is 3.19. The number of likely N-dealkylation sites (N-methyl/N-ethyl adjacent to an activating group) is 1. The number of nitrogens with zero attached hydrogens (tertiary/aromatic N) is 2. The van der Waals surface area contributed by atoms with Crippen molar-refractivity contribution < 1.29 is 18.7 Å². The molecule has 1 aromatic carbocycles. The van der Waals surface area contributed by atoms with Crippen LogP contribution in [0.2, 0.25) is 0 Å². The van der Waals surface area contributed by atoms with Crippen LogP contribution in [-0.4, -0.2) is 54.9 Å². The number of hydrogen-bond donors (Lipinski definition) is 0. The Morgan fingerprint density at radius 1 is 1.30 bits per heavy atom. The van der Waals surface area contributed by atoms with Crippen LogP contribution in [0.15, 0.2) is 51.7 Å². The maximum Gasteiger partial charge on any atom is 0.257 e. The molecule has 0 spiro atoms. The van der Waals surface area contributed by atoms with Gasteiger partial charge in [0.2, 0.25) is 5.91 Å². The van der Waals surface area contributed by atoms with Crippen molar-refractivity contribution in [3.8, 4) is 5.75 Å². The van der Waals surface area contributed by atoms with Gasteiger partial charge in [-0.1, -0.05) is 15.9 Å². The van der Waals surface area contributed by atoms with E-state index >= 15 is 0 Å². The van der Waals surface area contributed by atoms with Crippen LogP contribution >= 0.6 is 15.9 Å². The van der Waals surface area contributed by atoms with E-state index in [4.69, 9.17) is 9.15 Å². The van der Waals surface area contributed by atoms with Gasteiger partial charge in [-0.3, -0.25) is 9.59 Å². The maximum absolute atomic E-state index is 12.7. The van der Waals surface area contributed by atoms with E-state index in [1.165, 1.54) is 12.5 Å². The Hall–Kier alpha value is -2.28. The summed E-state index contributed by atoms with van der Waals surface area (Å²) >= 11 is 3.39. The molecule has 1 aliphatic rings. The number of ether oxygens (including phenoxy) is 1. The zero-order valence-corrected chi connectivity index (χ0v) is 16.9. The standard InChI is InChI=1S/C20H23BrN2O4/c1-22(10-12-27-18-6-4-17(21)5-7-18)19(24)15-3-2-9-23(13-15)20(25)16-8-11-26-14-16/h4-8,11,14-15H,2-3,9-10,12-13H2,1H3/t15-/m0/s1. The highest BCUT2D eigenvalue weighted by atomic mass is 79.9. The van der Waals surface area contributed by atoms with Gasteiger partial charge in [0.25, 0.3) is 5.91 Å². The highest BCUT2D eigenvalue weighted by Crippen LogP contribution is 2.21. The summed E-state index contributed by atoms with van der Waals surface area (Å²) in [6, 6.07) is 9.24. The van der Waals surface area contributed by atoms with Gasteiger partial charge < -0.3 is 19.0 Å². The Bertz CT molecular complexity index is 761. The van der Waals surface area contributed by atoms with Crippen molar-refractivity contribution in [2.45, 2.75) is 12.8 Å². The van der Waals surface area contributed by atoms with Crippen molar-refractivity contribution >= 4 is 27.7 Å². The van der Waals surface area contributed by atoms with Crippen LogP contribution in [0.5, 0.6) is 5.75 Å². The lowest BCUT2D eigenvalue weighted by Crippen LogP contribution is -2.46. The molecular formula is C20H23BrN2O4. The summed E-state index contributed by atoms with van der Waals surface area (Å²) in [4.78, 5) is 28.6. The molecule has 6 nitrogen and oxygen atoms in total. The molecular weight excluding hydrogens is 412 g/mol. The number of halogens is 1. The normalized spacial score (nSPS) is 16.8. The molecule has 1 fully saturated rings. The molecule has 7 heteroatoms. The summed E-state index contributed by atoms with van der Waals surface area (Å²) in [5, 5.41) is 0. The fourth-order valence-corrected chi connectivity index (χ4v) is 3.45. The Morgan fingerprint density at radius 2 is 2.07 bits per heavy atom. The summed E-state index contributed by atoms with van der Waals surface area (Å²) in [6.45, 7) is 2.04. The van der Waals surface area contributed by atoms with E-state index in [9.17, 15) is 9.59 Å². The minimum absolute atomic E-state index is 0.0547. The van der Waals surface area contributed by atoms with Crippen LogP contribution in [0, 0.1) is 5.92 Å². The third-order valence-corrected chi connectivity index (χ3v) is 5.24. The van der Waals surface area contributed by atoms with Crippen molar-refractivity contribution in [1.82, 2.24) is 9.80 Å². The third kappa shape index (κ3) is 5.13. The van der Waals surface area contributed by atoms with Gasteiger partial charge in [-0.05, 0) is 43.2 Å². The van der Waals surface area contributed by atoms with Crippen molar-refractivity contribution in [2.75, 3.05) is 33.3 Å². The van der Waals surface area contributed by atoms with Gasteiger partial charge in [-0.2, -0.15) is 0 Å². The molecule has 0 saturated carbocycles. The van der Waals surface area contributed by atoms with Gasteiger partial charge in [-0.25, -0.2) is 0 Å². The molecule has 2 heterocycles. The molecule has 1 aromatic heterocycles. The Kier molecular flexibility index (Phi) is 6.55. The monoisotopic (exact) mass is 434 g/mol. The zero-order valence-electron chi connectivity index (χ0n) is 15.3. The van der Waals surface area contributed by atoms with Gasteiger partial charge >= 0.3 is 0 Å². The highest BCUT2D eigenvalue weighted by molar-refractivity contribution is 9.10. The quantitative estimate of drug-likeness (QED) is 0.698. The number of benzene rings is 1. The molecule has 3 rings (SSSR count). The molecule has 1 aliphatic heterocycles. The van der Waals surface area contributed by atoms with E-state index in [-0.39, 0.29) is 17.7 Å². The minimum Gasteiger partial charge on any atom is -0.492 e. The molecule has 0 bridgehead atoms.